The monoisotopic (exact) mass is 478 g/mol. The lowest BCUT2D eigenvalue weighted by atomic mass is 10.1. The molecule has 4 aromatic rings. The van der Waals surface area contributed by atoms with E-state index in [9.17, 15) is 9.59 Å². The molecule has 4 rings (SSSR count). The molecule has 0 aliphatic heterocycles. The van der Waals surface area contributed by atoms with Crippen LogP contribution in [0.15, 0.2) is 59.8 Å². The maximum absolute atomic E-state index is 12.3. The Balaban J connectivity index is 1.36. The molecule has 0 aliphatic rings. The van der Waals surface area contributed by atoms with Crippen LogP contribution < -0.4 is 21.2 Å². The van der Waals surface area contributed by atoms with Gasteiger partial charge >= 0.3 is 0 Å². The fraction of sp³-hybridized carbons (Fsp3) is 0.136. The molecule has 0 unspecified atom stereocenters. The predicted octanol–water partition coefficient (Wildman–Crippen LogP) is 2.75. The molecule has 0 radical (unpaired) electrons. The van der Waals surface area contributed by atoms with Crippen molar-refractivity contribution in [3.63, 3.8) is 0 Å². The molecule has 34 heavy (non-hydrogen) atoms. The zero-order valence-corrected chi connectivity index (χ0v) is 19.2. The molecule has 0 fully saturated rings. The number of hydrogen-bond donors (Lipinski definition) is 4. The molecule has 0 spiro atoms. The Morgan fingerprint density at radius 1 is 1.06 bits per heavy atom. The summed E-state index contributed by atoms with van der Waals surface area (Å²) in [5.41, 5.74) is 3.48. The van der Waals surface area contributed by atoms with Gasteiger partial charge in [-0.25, -0.2) is 4.68 Å². The number of nitrogens with zero attached hydrogens (tertiary/aromatic N) is 4. The summed E-state index contributed by atoms with van der Waals surface area (Å²) in [6.07, 6.45) is 0. The van der Waals surface area contributed by atoms with Crippen molar-refractivity contribution in [2.75, 3.05) is 29.3 Å². The summed E-state index contributed by atoms with van der Waals surface area (Å²) in [6.45, 7) is 1.43. The maximum atomic E-state index is 12.3. The number of carbonyl (C=O) groups excluding carboxylic acids is 2. The number of carbonyl (C=O) groups is 2. The molecule has 11 nitrogen and oxygen atoms in total. The Kier molecular flexibility index (Phi) is 6.78. The van der Waals surface area contributed by atoms with Gasteiger partial charge in [-0.2, -0.15) is 5.10 Å². The molecule has 2 heterocycles. The van der Waals surface area contributed by atoms with E-state index in [-0.39, 0.29) is 17.6 Å². The largest absolute Gasteiger partial charge is 0.497 e. The summed E-state index contributed by atoms with van der Waals surface area (Å²) in [5, 5.41) is 21.3. The molecule has 174 valence electrons. The van der Waals surface area contributed by atoms with Gasteiger partial charge in [-0.05, 0) is 54.6 Å². The average molecular weight is 479 g/mol. The number of ether oxygens (including phenoxy) is 1. The van der Waals surface area contributed by atoms with E-state index in [2.05, 4.69) is 31.0 Å². The molecule has 0 saturated carbocycles. The van der Waals surface area contributed by atoms with Crippen LogP contribution in [0.4, 0.5) is 11.4 Å². The van der Waals surface area contributed by atoms with E-state index in [0.29, 0.717) is 28.0 Å². The first-order valence-electron chi connectivity index (χ1n) is 10.1. The van der Waals surface area contributed by atoms with Crippen molar-refractivity contribution in [2.45, 2.75) is 12.1 Å². The van der Waals surface area contributed by atoms with Crippen LogP contribution in [0, 0.1) is 0 Å². The van der Waals surface area contributed by atoms with Crippen LogP contribution in [0.3, 0.4) is 0 Å². The van der Waals surface area contributed by atoms with Crippen molar-refractivity contribution in [3.05, 3.63) is 54.6 Å². The highest BCUT2D eigenvalue weighted by molar-refractivity contribution is 7.99. The number of aromatic nitrogens is 5. The summed E-state index contributed by atoms with van der Waals surface area (Å²) in [4.78, 5) is 23.4. The van der Waals surface area contributed by atoms with Crippen molar-refractivity contribution >= 4 is 35.0 Å². The number of amides is 2. The maximum Gasteiger partial charge on any atom is 0.234 e. The number of rotatable bonds is 8. The highest BCUT2D eigenvalue weighted by Crippen LogP contribution is 2.26. The van der Waals surface area contributed by atoms with E-state index >= 15 is 0 Å². The van der Waals surface area contributed by atoms with E-state index < -0.39 is 0 Å². The summed E-state index contributed by atoms with van der Waals surface area (Å²) in [6, 6.07) is 16.2. The number of H-pyrrole nitrogens is 1. The van der Waals surface area contributed by atoms with Crippen molar-refractivity contribution in [1.82, 2.24) is 25.1 Å². The number of aromatic amines is 1. The molecule has 2 aromatic heterocycles. The Labute approximate surface area is 199 Å². The van der Waals surface area contributed by atoms with Gasteiger partial charge in [-0.15, -0.1) is 10.2 Å². The molecular weight excluding hydrogens is 456 g/mol. The molecule has 2 amide bonds. The minimum Gasteiger partial charge on any atom is -0.497 e. The van der Waals surface area contributed by atoms with Crippen LogP contribution in [0.2, 0.25) is 0 Å². The minimum absolute atomic E-state index is 0.0862. The van der Waals surface area contributed by atoms with Gasteiger partial charge in [-0.3, -0.25) is 14.7 Å². The van der Waals surface area contributed by atoms with Crippen LogP contribution in [-0.4, -0.2) is 49.7 Å². The Hall–Kier alpha value is -4.32. The Bertz CT molecular complexity index is 1300. The number of nitrogens with one attached hydrogen (secondary N) is 3. The van der Waals surface area contributed by atoms with Crippen molar-refractivity contribution in [1.29, 1.82) is 0 Å². The number of anilines is 2. The van der Waals surface area contributed by atoms with Gasteiger partial charge in [0.25, 0.3) is 0 Å². The minimum atomic E-state index is -0.231. The third-order valence-electron chi connectivity index (χ3n) is 4.69. The van der Waals surface area contributed by atoms with Crippen LogP contribution in [-0.2, 0) is 9.59 Å². The smallest absolute Gasteiger partial charge is 0.234 e. The summed E-state index contributed by atoms with van der Waals surface area (Å²) < 4.78 is 6.49. The molecule has 12 heteroatoms. The lowest BCUT2D eigenvalue weighted by Crippen LogP contribution is -2.16. The standard InChI is InChI=1S/C22H22N8O3S/c1-13(31)24-15-5-7-16(8-6-15)25-20(32)12-34-22-29-28-21(30(22)23)19-11-18(26-27-19)14-3-9-17(33-2)10-4-14/h3-11H,12,23H2,1-2H3,(H,24,31)(H,25,32)(H,26,27). The molecule has 5 N–H and O–H groups in total. The first-order valence-corrected chi connectivity index (χ1v) is 11.1. The topological polar surface area (TPSA) is 153 Å². The summed E-state index contributed by atoms with van der Waals surface area (Å²) >= 11 is 1.16. The molecule has 0 saturated heterocycles. The fourth-order valence-electron chi connectivity index (χ4n) is 3.07. The van der Waals surface area contributed by atoms with Gasteiger partial charge in [0, 0.05) is 23.9 Å². The van der Waals surface area contributed by atoms with Gasteiger partial charge in [0.1, 0.15) is 11.4 Å². The highest BCUT2D eigenvalue weighted by Gasteiger charge is 2.16. The molecule has 0 aliphatic carbocycles. The first kappa shape index (κ1) is 22.9. The molecular formula is C22H22N8O3S. The second-order valence-corrected chi connectivity index (χ2v) is 8.11. The average Bonchev–Trinajstić information content (AvgIpc) is 3.45. The van der Waals surface area contributed by atoms with Crippen LogP contribution in [0.25, 0.3) is 22.8 Å². The van der Waals surface area contributed by atoms with E-state index in [1.165, 1.54) is 11.6 Å². The normalized spacial score (nSPS) is 10.6. The number of nitrogen functional groups attached to an aromatic ring is 1. The number of methoxy groups -OCH3 is 1. The first-order chi connectivity index (χ1) is 16.4. The Morgan fingerprint density at radius 2 is 1.74 bits per heavy atom. The van der Waals surface area contributed by atoms with Crippen LogP contribution in [0.5, 0.6) is 5.75 Å². The molecule has 2 aromatic carbocycles. The zero-order valence-electron chi connectivity index (χ0n) is 18.4. The number of thioether (sulfide) groups is 1. The third kappa shape index (κ3) is 5.35. The van der Waals surface area contributed by atoms with Gasteiger partial charge in [0.15, 0.2) is 0 Å². The van der Waals surface area contributed by atoms with Gasteiger partial charge < -0.3 is 21.2 Å². The Morgan fingerprint density at radius 3 is 2.38 bits per heavy atom. The third-order valence-corrected chi connectivity index (χ3v) is 5.63. The second-order valence-electron chi connectivity index (χ2n) is 7.17. The van der Waals surface area contributed by atoms with Crippen molar-refractivity contribution in [2.24, 2.45) is 0 Å². The van der Waals surface area contributed by atoms with Crippen molar-refractivity contribution < 1.29 is 14.3 Å². The van der Waals surface area contributed by atoms with E-state index in [1.54, 1.807) is 31.4 Å². The SMILES string of the molecule is COc1ccc(-c2cc(-c3nnc(SCC(=O)Nc4ccc(NC(C)=O)cc4)n3N)[nH]n2)cc1. The lowest BCUT2D eigenvalue weighted by molar-refractivity contribution is -0.114. The second kappa shape index (κ2) is 10.1. The van der Waals surface area contributed by atoms with E-state index in [0.717, 1.165) is 28.8 Å². The number of nitrogens with two attached hydrogens (primary N) is 1. The fourth-order valence-corrected chi connectivity index (χ4v) is 3.73. The van der Waals surface area contributed by atoms with Gasteiger partial charge in [0.2, 0.25) is 22.8 Å². The van der Waals surface area contributed by atoms with Gasteiger partial charge in [0.05, 0.1) is 18.6 Å². The van der Waals surface area contributed by atoms with E-state index in [4.69, 9.17) is 10.6 Å². The lowest BCUT2D eigenvalue weighted by Gasteiger charge is -2.07. The van der Waals surface area contributed by atoms with Gasteiger partial charge in [-0.1, -0.05) is 11.8 Å². The predicted molar refractivity (Wildman–Crippen MR) is 130 cm³/mol. The van der Waals surface area contributed by atoms with Crippen LogP contribution >= 0.6 is 11.8 Å². The quantitative estimate of drug-likeness (QED) is 0.223. The molecule has 0 atom stereocenters. The molecule has 0 bridgehead atoms. The highest BCUT2D eigenvalue weighted by atomic mass is 32.2. The van der Waals surface area contributed by atoms with Crippen molar-refractivity contribution in [3.8, 4) is 28.5 Å². The van der Waals surface area contributed by atoms with E-state index in [1.807, 2.05) is 30.3 Å². The zero-order chi connectivity index (χ0) is 24.1. The number of benzene rings is 2. The summed E-state index contributed by atoms with van der Waals surface area (Å²) in [5.74, 6) is 7.00. The summed E-state index contributed by atoms with van der Waals surface area (Å²) in [7, 11) is 1.61. The number of hydrogen-bond acceptors (Lipinski definition) is 8. The van der Waals surface area contributed by atoms with Crippen LogP contribution in [0.1, 0.15) is 6.92 Å².